The topological polar surface area (TPSA) is 90.2 Å². The highest BCUT2D eigenvalue weighted by Crippen LogP contribution is 2.19. The van der Waals surface area contributed by atoms with Crippen LogP contribution in [-0.4, -0.2) is 49.7 Å². The second-order valence-corrected chi connectivity index (χ2v) is 7.63. The molecule has 0 N–H and O–H groups in total. The molecule has 0 aromatic carbocycles. The molecule has 0 radical (unpaired) electrons. The summed E-state index contributed by atoms with van der Waals surface area (Å²) in [6.45, 7) is 7.33. The predicted molar refractivity (Wildman–Crippen MR) is 113 cm³/mol. The van der Waals surface area contributed by atoms with Crippen LogP contribution in [0.4, 0.5) is 0 Å². The van der Waals surface area contributed by atoms with Gasteiger partial charge in [0.05, 0.1) is 17.6 Å². The first-order chi connectivity index (χ1) is 14.5. The number of carbonyl (C=O) groups is 1. The van der Waals surface area contributed by atoms with Crippen LogP contribution in [0.5, 0.6) is 5.88 Å². The van der Waals surface area contributed by atoms with Crippen molar-refractivity contribution in [2.75, 3.05) is 13.1 Å². The molecule has 3 aromatic rings. The molecule has 1 amide bonds. The third-order valence-electron chi connectivity index (χ3n) is 5.36. The lowest BCUT2D eigenvalue weighted by molar-refractivity contribution is 0.0524. The molecular formula is C22H25N5O3. The number of amides is 1. The van der Waals surface area contributed by atoms with Gasteiger partial charge in [0.25, 0.3) is 5.91 Å². The number of aryl methyl sites for hydroxylation is 3. The number of rotatable bonds is 4. The van der Waals surface area contributed by atoms with E-state index in [1.807, 2.05) is 31.4 Å². The number of likely N-dealkylation sites (tertiary alicyclic amines) is 1. The zero-order chi connectivity index (χ0) is 21.3. The summed E-state index contributed by atoms with van der Waals surface area (Å²) < 4.78 is 7.78. The molecule has 1 aliphatic rings. The highest BCUT2D eigenvalue weighted by atomic mass is 16.5. The molecule has 0 bridgehead atoms. The van der Waals surface area contributed by atoms with Crippen LogP contribution in [0.2, 0.25) is 0 Å². The molecule has 0 aliphatic carbocycles. The fourth-order valence-corrected chi connectivity index (χ4v) is 3.76. The van der Waals surface area contributed by atoms with Crippen LogP contribution in [0, 0.1) is 13.8 Å². The Hall–Kier alpha value is -3.29. The van der Waals surface area contributed by atoms with Gasteiger partial charge in [-0.1, -0.05) is 0 Å². The number of ether oxygens (including phenoxy) is 1. The molecule has 8 nitrogen and oxygen atoms in total. The van der Waals surface area contributed by atoms with Gasteiger partial charge >= 0.3 is 0 Å². The van der Waals surface area contributed by atoms with Gasteiger partial charge in [-0.15, -0.1) is 5.10 Å². The Bertz CT molecular complexity index is 1140. The first kappa shape index (κ1) is 20.0. The lowest BCUT2D eigenvalue weighted by Crippen LogP contribution is -2.45. The van der Waals surface area contributed by atoms with Crippen LogP contribution in [0.1, 0.15) is 41.5 Å². The van der Waals surface area contributed by atoms with Gasteiger partial charge in [-0.25, -0.2) is 4.98 Å². The molecule has 1 unspecified atom stereocenters. The SMILES string of the molecule is CCn1cc(C(=O)N2CCCC(Oc3ccc(C)nn3)C2)c(=O)c2ccc(C)nc21. The number of carbonyl (C=O) groups excluding carboxylic acids is 1. The van der Waals surface area contributed by atoms with E-state index in [0.29, 0.717) is 36.5 Å². The summed E-state index contributed by atoms with van der Waals surface area (Å²) in [5.74, 6) is 0.174. The van der Waals surface area contributed by atoms with Crippen LogP contribution < -0.4 is 10.2 Å². The van der Waals surface area contributed by atoms with Crippen molar-refractivity contribution in [3.63, 3.8) is 0 Å². The van der Waals surface area contributed by atoms with Gasteiger partial charge in [0.1, 0.15) is 17.3 Å². The third-order valence-corrected chi connectivity index (χ3v) is 5.36. The van der Waals surface area contributed by atoms with Gasteiger partial charge in [0.15, 0.2) is 0 Å². The van der Waals surface area contributed by atoms with Crippen LogP contribution in [0.3, 0.4) is 0 Å². The maximum absolute atomic E-state index is 13.3. The summed E-state index contributed by atoms with van der Waals surface area (Å²) >= 11 is 0. The Labute approximate surface area is 174 Å². The second-order valence-electron chi connectivity index (χ2n) is 7.63. The first-order valence-electron chi connectivity index (χ1n) is 10.2. The van der Waals surface area contributed by atoms with Crippen LogP contribution in [-0.2, 0) is 6.54 Å². The molecule has 3 aromatic heterocycles. The van der Waals surface area contributed by atoms with Gasteiger partial charge in [-0.2, -0.15) is 5.10 Å². The number of nitrogens with zero attached hydrogens (tertiary/aromatic N) is 5. The van der Waals surface area contributed by atoms with Gasteiger partial charge < -0.3 is 14.2 Å². The Balaban J connectivity index is 1.60. The minimum absolute atomic E-state index is 0.172. The molecule has 1 atom stereocenters. The average Bonchev–Trinajstić information content (AvgIpc) is 2.75. The van der Waals surface area contributed by atoms with Gasteiger partial charge in [0, 0.05) is 31.0 Å². The highest BCUT2D eigenvalue weighted by molar-refractivity contribution is 5.97. The van der Waals surface area contributed by atoms with E-state index < -0.39 is 0 Å². The number of fused-ring (bicyclic) bond motifs is 1. The predicted octanol–water partition coefficient (Wildman–Crippen LogP) is 2.51. The standard InChI is InChI=1S/C22H25N5O3/c1-4-26-13-18(20(28)17-9-7-14(2)23-21(17)26)22(29)27-11-5-6-16(12-27)30-19-10-8-15(3)24-25-19/h7-10,13,16H,4-6,11-12H2,1-3H3. The molecular weight excluding hydrogens is 382 g/mol. The first-order valence-corrected chi connectivity index (χ1v) is 10.2. The monoisotopic (exact) mass is 407 g/mol. The van der Waals surface area contributed by atoms with Crippen molar-refractivity contribution < 1.29 is 9.53 Å². The molecule has 156 valence electrons. The van der Waals surface area contributed by atoms with Crippen molar-refractivity contribution in [1.29, 1.82) is 0 Å². The van der Waals surface area contributed by atoms with Crippen molar-refractivity contribution in [3.8, 4) is 5.88 Å². The summed E-state index contributed by atoms with van der Waals surface area (Å²) in [4.78, 5) is 32.5. The lowest BCUT2D eigenvalue weighted by atomic mass is 10.1. The number of pyridine rings is 2. The van der Waals surface area contributed by atoms with Crippen LogP contribution in [0.15, 0.2) is 35.3 Å². The molecule has 30 heavy (non-hydrogen) atoms. The van der Waals surface area contributed by atoms with Crippen LogP contribution >= 0.6 is 0 Å². The molecule has 4 rings (SSSR count). The second kappa shape index (κ2) is 8.22. The number of piperidine rings is 1. The van der Waals surface area contributed by atoms with Crippen molar-refractivity contribution in [1.82, 2.24) is 24.6 Å². The summed E-state index contributed by atoms with van der Waals surface area (Å²) in [5, 5.41) is 8.51. The van der Waals surface area contributed by atoms with Crippen molar-refractivity contribution in [2.24, 2.45) is 0 Å². The molecule has 0 spiro atoms. The third kappa shape index (κ3) is 3.90. The maximum Gasteiger partial charge on any atom is 0.259 e. The van der Waals surface area contributed by atoms with E-state index in [9.17, 15) is 9.59 Å². The number of hydrogen-bond donors (Lipinski definition) is 0. The van der Waals surface area contributed by atoms with E-state index in [0.717, 1.165) is 24.2 Å². The van der Waals surface area contributed by atoms with Gasteiger partial charge in [-0.05, 0) is 51.8 Å². The minimum atomic E-state index is -0.278. The molecule has 4 heterocycles. The van der Waals surface area contributed by atoms with Crippen molar-refractivity contribution >= 4 is 16.9 Å². The van der Waals surface area contributed by atoms with Gasteiger partial charge in [0.2, 0.25) is 11.3 Å². The highest BCUT2D eigenvalue weighted by Gasteiger charge is 2.28. The number of aromatic nitrogens is 4. The Morgan fingerprint density at radius 3 is 2.70 bits per heavy atom. The number of hydrogen-bond acceptors (Lipinski definition) is 6. The fraction of sp³-hybridized carbons (Fsp3) is 0.409. The van der Waals surface area contributed by atoms with Gasteiger partial charge in [-0.3, -0.25) is 9.59 Å². The molecule has 8 heteroatoms. The normalized spacial score (nSPS) is 16.6. The lowest BCUT2D eigenvalue weighted by Gasteiger charge is -2.32. The average molecular weight is 407 g/mol. The van der Waals surface area contributed by atoms with E-state index in [1.165, 1.54) is 0 Å². The summed E-state index contributed by atoms with van der Waals surface area (Å²) in [5.41, 5.74) is 2.15. The zero-order valence-electron chi connectivity index (χ0n) is 17.5. The van der Waals surface area contributed by atoms with Crippen molar-refractivity contribution in [2.45, 2.75) is 46.3 Å². The Morgan fingerprint density at radius 1 is 1.17 bits per heavy atom. The van der Waals surface area contributed by atoms with E-state index >= 15 is 0 Å². The summed E-state index contributed by atoms with van der Waals surface area (Å²) in [6.07, 6.45) is 3.07. The Kier molecular flexibility index (Phi) is 5.48. The largest absolute Gasteiger partial charge is 0.471 e. The molecule has 1 saturated heterocycles. The molecule has 0 saturated carbocycles. The van der Waals surface area contributed by atoms with E-state index in [2.05, 4.69) is 15.2 Å². The van der Waals surface area contributed by atoms with E-state index in [-0.39, 0.29) is 23.0 Å². The fourth-order valence-electron chi connectivity index (χ4n) is 3.76. The smallest absolute Gasteiger partial charge is 0.259 e. The summed E-state index contributed by atoms with van der Waals surface area (Å²) in [7, 11) is 0. The van der Waals surface area contributed by atoms with E-state index in [1.54, 1.807) is 29.3 Å². The molecule has 1 fully saturated rings. The maximum atomic E-state index is 13.3. The molecule has 1 aliphatic heterocycles. The zero-order valence-corrected chi connectivity index (χ0v) is 17.5. The van der Waals surface area contributed by atoms with Crippen LogP contribution in [0.25, 0.3) is 11.0 Å². The van der Waals surface area contributed by atoms with E-state index in [4.69, 9.17) is 4.74 Å². The minimum Gasteiger partial charge on any atom is -0.471 e. The van der Waals surface area contributed by atoms with Crippen molar-refractivity contribution in [3.05, 3.63) is 57.6 Å². The summed E-state index contributed by atoms with van der Waals surface area (Å²) in [6, 6.07) is 7.17. The quantitative estimate of drug-likeness (QED) is 0.660. The Morgan fingerprint density at radius 2 is 1.97 bits per heavy atom.